The summed E-state index contributed by atoms with van der Waals surface area (Å²) in [5, 5.41) is 14.5. The molecule has 10 heteroatoms. The van der Waals surface area contributed by atoms with Crippen LogP contribution in [-0.4, -0.2) is 71.7 Å². The highest BCUT2D eigenvalue weighted by Gasteiger charge is 2.17. The van der Waals surface area contributed by atoms with E-state index in [0.717, 1.165) is 6.26 Å². The Hall–Kier alpha value is -2.72. The fourth-order valence-corrected chi connectivity index (χ4v) is 3.00. The molecule has 0 atom stereocenters. The SMILES string of the molecule is CN(C)CCOc1cc(S(C)(=O)=O)ccc1-n1ncc2c(O)ncnc21. The Morgan fingerprint density at radius 3 is 2.73 bits per heavy atom. The molecule has 3 aromatic rings. The quantitative estimate of drug-likeness (QED) is 0.674. The van der Waals surface area contributed by atoms with E-state index in [-0.39, 0.29) is 10.8 Å². The van der Waals surface area contributed by atoms with Gasteiger partial charge in [0.2, 0.25) is 5.88 Å². The van der Waals surface area contributed by atoms with Crippen molar-refractivity contribution in [2.45, 2.75) is 4.90 Å². The smallest absolute Gasteiger partial charge is 0.225 e. The van der Waals surface area contributed by atoms with Crippen molar-refractivity contribution < 1.29 is 18.3 Å². The van der Waals surface area contributed by atoms with Crippen molar-refractivity contribution in [1.29, 1.82) is 0 Å². The van der Waals surface area contributed by atoms with Crippen LogP contribution in [0, 0.1) is 0 Å². The summed E-state index contributed by atoms with van der Waals surface area (Å²) in [4.78, 5) is 9.97. The van der Waals surface area contributed by atoms with Gasteiger partial charge in [-0.15, -0.1) is 0 Å². The van der Waals surface area contributed by atoms with Crippen molar-refractivity contribution >= 4 is 20.9 Å². The number of hydrogen-bond donors (Lipinski definition) is 1. The summed E-state index contributed by atoms with van der Waals surface area (Å²) in [5.41, 5.74) is 0.909. The molecule has 0 spiro atoms. The van der Waals surface area contributed by atoms with Crippen molar-refractivity contribution in [2.75, 3.05) is 33.5 Å². The van der Waals surface area contributed by atoms with Gasteiger partial charge in [-0.1, -0.05) is 0 Å². The van der Waals surface area contributed by atoms with E-state index >= 15 is 0 Å². The molecule has 9 nitrogen and oxygen atoms in total. The molecule has 0 fully saturated rings. The van der Waals surface area contributed by atoms with Gasteiger partial charge in [0.25, 0.3) is 0 Å². The van der Waals surface area contributed by atoms with Gasteiger partial charge < -0.3 is 14.7 Å². The van der Waals surface area contributed by atoms with Crippen molar-refractivity contribution in [3.05, 3.63) is 30.7 Å². The van der Waals surface area contributed by atoms with Gasteiger partial charge in [0.1, 0.15) is 29.8 Å². The fourth-order valence-electron chi connectivity index (χ4n) is 2.36. The highest BCUT2D eigenvalue weighted by Crippen LogP contribution is 2.30. The third kappa shape index (κ3) is 3.60. The molecule has 0 amide bonds. The van der Waals surface area contributed by atoms with Gasteiger partial charge in [0.05, 0.1) is 11.1 Å². The molecule has 1 aromatic carbocycles. The molecule has 2 heterocycles. The first-order valence-electron chi connectivity index (χ1n) is 7.77. The number of fused-ring (bicyclic) bond motifs is 1. The first-order chi connectivity index (χ1) is 12.3. The van der Waals surface area contributed by atoms with Crippen LogP contribution < -0.4 is 4.74 Å². The Morgan fingerprint density at radius 2 is 2.04 bits per heavy atom. The Labute approximate surface area is 150 Å². The second kappa shape index (κ2) is 6.89. The molecule has 1 N–H and O–H groups in total. The zero-order valence-corrected chi connectivity index (χ0v) is 15.4. The predicted molar refractivity (Wildman–Crippen MR) is 95.5 cm³/mol. The summed E-state index contributed by atoms with van der Waals surface area (Å²) >= 11 is 0. The Balaban J connectivity index is 2.11. The van der Waals surface area contributed by atoms with Crippen LogP contribution in [0.5, 0.6) is 11.6 Å². The van der Waals surface area contributed by atoms with Gasteiger partial charge in [0.15, 0.2) is 15.5 Å². The molecule has 0 saturated carbocycles. The van der Waals surface area contributed by atoms with Gasteiger partial charge in [-0.25, -0.2) is 23.1 Å². The van der Waals surface area contributed by atoms with Crippen LogP contribution in [0.1, 0.15) is 0 Å². The van der Waals surface area contributed by atoms with Crippen LogP contribution in [0.15, 0.2) is 35.6 Å². The molecular formula is C16H19N5O4S. The number of rotatable bonds is 6. The number of sulfone groups is 1. The van der Waals surface area contributed by atoms with Crippen LogP contribution in [0.2, 0.25) is 0 Å². The highest BCUT2D eigenvalue weighted by atomic mass is 32.2. The summed E-state index contributed by atoms with van der Waals surface area (Å²) in [6.07, 6.45) is 3.81. The van der Waals surface area contributed by atoms with E-state index in [4.69, 9.17) is 4.74 Å². The highest BCUT2D eigenvalue weighted by molar-refractivity contribution is 7.90. The van der Waals surface area contributed by atoms with Crippen LogP contribution in [0.25, 0.3) is 16.7 Å². The third-order valence-electron chi connectivity index (χ3n) is 3.73. The Kier molecular flexibility index (Phi) is 4.79. The molecule has 2 aromatic heterocycles. The van der Waals surface area contributed by atoms with Crippen molar-refractivity contribution in [2.24, 2.45) is 0 Å². The maximum absolute atomic E-state index is 11.9. The maximum atomic E-state index is 11.9. The van der Waals surface area contributed by atoms with Gasteiger partial charge in [-0.2, -0.15) is 5.10 Å². The molecule has 0 unspecified atom stereocenters. The zero-order chi connectivity index (χ0) is 18.9. The predicted octanol–water partition coefficient (Wildman–Crippen LogP) is 0.865. The van der Waals surface area contributed by atoms with E-state index in [1.165, 1.54) is 29.3 Å². The number of ether oxygens (including phenoxy) is 1. The van der Waals surface area contributed by atoms with E-state index in [9.17, 15) is 13.5 Å². The lowest BCUT2D eigenvalue weighted by atomic mass is 10.3. The van der Waals surface area contributed by atoms with E-state index < -0.39 is 9.84 Å². The van der Waals surface area contributed by atoms with Crippen LogP contribution >= 0.6 is 0 Å². The lowest BCUT2D eigenvalue weighted by Gasteiger charge is -2.15. The maximum Gasteiger partial charge on any atom is 0.225 e. The summed E-state index contributed by atoms with van der Waals surface area (Å²) in [5.74, 6) is 0.182. The summed E-state index contributed by atoms with van der Waals surface area (Å²) in [6, 6.07) is 4.56. The van der Waals surface area contributed by atoms with E-state index in [1.807, 2.05) is 19.0 Å². The normalized spacial score (nSPS) is 12.0. The van der Waals surface area contributed by atoms with Crippen molar-refractivity contribution in [1.82, 2.24) is 24.6 Å². The second-order valence-corrected chi connectivity index (χ2v) is 8.06. The first kappa shape index (κ1) is 18.1. The minimum Gasteiger partial charge on any atom is -0.493 e. The zero-order valence-electron chi connectivity index (χ0n) is 14.6. The first-order valence-corrected chi connectivity index (χ1v) is 9.66. The van der Waals surface area contributed by atoms with Gasteiger partial charge in [0, 0.05) is 18.9 Å². The largest absolute Gasteiger partial charge is 0.493 e. The van der Waals surface area contributed by atoms with E-state index in [0.29, 0.717) is 35.6 Å². The van der Waals surface area contributed by atoms with E-state index in [1.54, 1.807) is 6.07 Å². The molecule has 0 bridgehead atoms. The number of nitrogens with zero attached hydrogens (tertiary/aromatic N) is 5. The molecule has 3 rings (SSSR count). The van der Waals surface area contributed by atoms with Gasteiger partial charge in [-0.05, 0) is 26.2 Å². The molecule has 0 radical (unpaired) electrons. The van der Waals surface area contributed by atoms with Crippen molar-refractivity contribution in [3.63, 3.8) is 0 Å². The van der Waals surface area contributed by atoms with Crippen LogP contribution in [-0.2, 0) is 9.84 Å². The monoisotopic (exact) mass is 377 g/mol. The number of aromatic nitrogens is 4. The molecule has 0 aliphatic carbocycles. The van der Waals surface area contributed by atoms with Gasteiger partial charge in [-0.3, -0.25) is 0 Å². The fraction of sp³-hybridized carbons (Fsp3) is 0.312. The van der Waals surface area contributed by atoms with Crippen LogP contribution in [0.3, 0.4) is 0 Å². The summed E-state index contributed by atoms with van der Waals surface area (Å²) in [6.45, 7) is 1.03. The van der Waals surface area contributed by atoms with Crippen molar-refractivity contribution in [3.8, 4) is 17.3 Å². The minimum absolute atomic E-state index is 0.148. The lowest BCUT2D eigenvalue weighted by molar-refractivity contribution is 0.260. The number of likely N-dealkylation sites (N-methyl/N-ethyl adjacent to an activating group) is 1. The molecule has 0 aliphatic heterocycles. The number of aromatic hydroxyl groups is 1. The summed E-state index contributed by atoms with van der Waals surface area (Å²) < 4.78 is 31.1. The summed E-state index contributed by atoms with van der Waals surface area (Å²) in [7, 11) is 0.442. The molecule has 0 aliphatic rings. The van der Waals surface area contributed by atoms with Gasteiger partial charge >= 0.3 is 0 Å². The topological polar surface area (TPSA) is 110 Å². The number of hydrogen-bond acceptors (Lipinski definition) is 8. The van der Waals surface area contributed by atoms with E-state index in [2.05, 4.69) is 15.1 Å². The molecular weight excluding hydrogens is 358 g/mol. The second-order valence-electron chi connectivity index (χ2n) is 6.04. The average Bonchev–Trinajstić information content (AvgIpc) is 2.99. The molecule has 0 saturated heterocycles. The standard InChI is InChI=1S/C16H19N5O4S/c1-20(2)6-7-25-14-8-11(26(3,23)24)4-5-13(14)21-15-12(9-19-21)16(22)18-10-17-15/h4-5,8-10H,6-7H2,1-3H3,(H,17,18,22). The minimum atomic E-state index is -3.39. The number of benzene rings is 1. The lowest BCUT2D eigenvalue weighted by Crippen LogP contribution is -2.20. The third-order valence-corrected chi connectivity index (χ3v) is 4.84. The van der Waals surface area contributed by atoms with Crippen LogP contribution in [0.4, 0.5) is 0 Å². The average molecular weight is 377 g/mol. The molecule has 26 heavy (non-hydrogen) atoms. The molecule has 138 valence electrons. The Bertz CT molecular complexity index is 1050. The Morgan fingerprint density at radius 1 is 1.27 bits per heavy atom.